The Balaban J connectivity index is 0.000000475. The molecule has 2 aliphatic rings. The van der Waals surface area contributed by atoms with E-state index in [1.807, 2.05) is 70.5 Å². The number of aryl methyl sites for hydroxylation is 2. The van der Waals surface area contributed by atoms with Gasteiger partial charge < -0.3 is 41.1 Å². The third-order valence-electron chi connectivity index (χ3n) is 13.3. The minimum atomic E-state index is -1.23. The van der Waals surface area contributed by atoms with Crippen LogP contribution < -0.4 is 26.2 Å². The highest BCUT2D eigenvalue weighted by Crippen LogP contribution is 2.35. The summed E-state index contributed by atoms with van der Waals surface area (Å²) in [5.74, 6) is -4.24. The van der Waals surface area contributed by atoms with Crippen molar-refractivity contribution in [3.05, 3.63) is 184 Å². The molecule has 0 bridgehead atoms. The number of ether oxygens (including phenoxy) is 1. The van der Waals surface area contributed by atoms with Gasteiger partial charge in [-0.15, -0.1) is 0 Å². The molecule has 8 rings (SSSR count). The van der Waals surface area contributed by atoms with E-state index in [4.69, 9.17) is 67.1 Å². The van der Waals surface area contributed by atoms with Crippen molar-refractivity contribution < 1.29 is 53.6 Å². The number of nitrogens with two attached hydrogens (primary N) is 1. The van der Waals surface area contributed by atoms with E-state index in [1.165, 1.54) is 25.3 Å². The Morgan fingerprint density at radius 1 is 0.593 bits per heavy atom. The number of Topliss-reactive ketones (excluding diaryl/α,β-unsaturated/α-hetero) is 1. The molecular formula is C60H69Cl4N7O13S2. The molecule has 2 heterocycles. The predicted octanol–water partition coefficient (Wildman–Crippen LogP) is 12.2. The second kappa shape index (κ2) is 35.9. The number of non-ortho nitro benzene ring substituents is 2. The van der Waals surface area contributed by atoms with Gasteiger partial charge in [-0.05, 0) is 89.8 Å². The summed E-state index contributed by atoms with van der Waals surface area (Å²) in [5.41, 5.74) is 12.3. The fourth-order valence-corrected chi connectivity index (χ4v) is 10.5. The first-order valence-electron chi connectivity index (χ1n) is 25.7. The van der Waals surface area contributed by atoms with E-state index in [-0.39, 0.29) is 122 Å². The van der Waals surface area contributed by atoms with Crippen LogP contribution in [-0.2, 0) is 36.8 Å². The Kier molecular flexibility index (Phi) is 31.2. The zero-order valence-corrected chi connectivity index (χ0v) is 50.2. The summed E-state index contributed by atoms with van der Waals surface area (Å²) in [6, 6.07) is 32.6. The zero-order chi connectivity index (χ0) is 59.6. The minimum absolute atomic E-state index is 0. The number of carbonyl (C=O) groups excluding carboxylic acids is 4. The highest BCUT2D eigenvalue weighted by atomic mass is 35.5. The van der Waals surface area contributed by atoms with Crippen molar-refractivity contribution in [1.29, 1.82) is 0 Å². The number of fused-ring (bicyclic) bond motifs is 2. The molecule has 0 fully saturated rings. The number of methoxy groups -OCH3 is 1. The van der Waals surface area contributed by atoms with Gasteiger partial charge in [-0.1, -0.05) is 134 Å². The molecule has 2 amide bonds. The van der Waals surface area contributed by atoms with Gasteiger partial charge in [0.1, 0.15) is 17.9 Å². The largest absolute Gasteiger partial charge is 0.481 e. The van der Waals surface area contributed by atoms with E-state index in [9.17, 15) is 49.0 Å². The zero-order valence-electron chi connectivity index (χ0n) is 45.2. The Bertz CT molecular complexity index is 3310. The number of benzene rings is 6. The number of hydrogen-bond acceptors (Lipinski definition) is 14. The van der Waals surface area contributed by atoms with Crippen LogP contribution in [0.25, 0.3) is 22.3 Å². The molecule has 20 nitrogen and oxygen atoms in total. The summed E-state index contributed by atoms with van der Waals surface area (Å²) in [4.78, 5) is 97.1. The molecule has 6 aromatic rings. The quantitative estimate of drug-likeness (QED) is 0.0270. The number of hydrogen-bond donors (Lipinski definition) is 5. The van der Waals surface area contributed by atoms with Crippen LogP contribution >= 0.6 is 73.4 Å². The second-order valence-corrected chi connectivity index (χ2v) is 20.4. The maximum Gasteiger partial charge on any atom is 0.328 e. The van der Waals surface area contributed by atoms with Gasteiger partial charge in [-0.2, -0.15) is 27.0 Å². The van der Waals surface area contributed by atoms with Crippen LogP contribution in [0.15, 0.2) is 121 Å². The van der Waals surface area contributed by atoms with Gasteiger partial charge in [-0.25, -0.2) is 9.59 Å². The summed E-state index contributed by atoms with van der Waals surface area (Å²) < 4.78 is 4.85. The first-order valence-corrected chi connectivity index (χ1v) is 27.2. The van der Waals surface area contributed by atoms with Crippen molar-refractivity contribution in [2.24, 2.45) is 5.73 Å². The molecule has 86 heavy (non-hydrogen) atoms. The number of anilines is 2. The molecule has 0 spiro atoms. The number of esters is 1. The lowest BCUT2D eigenvalue weighted by atomic mass is 10.00. The van der Waals surface area contributed by atoms with E-state index >= 15 is 0 Å². The molecule has 2 atom stereocenters. The van der Waals surface area contributed by atoms with Crippen molar-refractivity contribution in [1.82, 2.24) is 10.6 Å². The molecule has 462 valence electrons. The maximum atomic E-state index is 13.1. The Labute approximate surface area is 532 Å². The van der Waals surface area contributed by atoms with E-state index in [0.717, 1.165) is 77.0 Å². The fourth-order valence-electron chi connectivity index (χ4n) is 9.14. The molecule has 26 heteroatoms. The van der Waals surface area contributed by atoms with Crippen molar-refractivity contribution >= 4 is 132 Å². The first-order chi connectivity index (χ1) is 39.2. The van der Waals surface area contributed by atoms with E-state index in [0.29, 0.717) is 19.6 Å². The van der Waals surface area contributed by atoms with Crippen molar-refractivity contribution in [2.45, 2.75) is 78.3 Å². The van der Waals surface area contributed by atoms with Gasteiger partial charge in [0, 0.05) is 81.2 Å². The van der Waals surface area contributed by atoms with E-state index in [2.05, 4.69) is 10.6 Å². The van der Waals surface area contributed by atoms with Gasteiger partial charge in [0.25, 0.3) is 23.2 Å². The highest BCUT2D eigenvalue weighted by Gasteiger charge is 2.28. The normalized spacial score (nSPS) is 12.4. The molecule has 0 aliphatic carbocycles. The third kappa shape index (κ3) is 20.6. The molecule has 0 saturated heterocycles. The monoisotopic (exact) mass is 1300 g/mol. The van der Waals surface area contributed by atoms with Gasteiger partial charge in [-0.3, -0.25) is 39.4 Å². The van der Waals surface area contributed by atoms with Gasteiger partial charge >= 0.3 is 17.9 Å². The Morgan fingerprint density at radius 2 is 0.988 bits per heavy atom. The van der Waals surface area contributed by atoms with Crippen LogP contribution in [0.3, 0.4) is 0 Å². The SMILES string of the molecule is C.C.COC(=O)[C@H](CCC(=O)CCN1CCCc2ccc([N+](=O)[O-])cc21)NC(=O)c1c(Cl)cc(-c2ccccc2)cc1Cl.NC[C@H](NC(=O)c1c(Cl)cc(-c2ccccc2)cc1Cl)C(=O)O.O=C(O)CCN1CCCc2ccc([N+](=O)[O-])cc21.S.S. The van der Waals surface area contributed by atoms with E-state index < -0.39 is 51.7 Å². The number of carbonyl (C=O) groups is 6. The second-order valence-electron chi connectivity index (χ2n) is 18.8. The number of ketones is 1. The van der Waals surface area contributed by atoms with Crippen molar-refractivity contribution in [2.75, 3.05) is 49.6 Å². The van der Waals surface area contributed by atoms with Crippen LogP contribution in [0.1, 0.15) is 85.2 Å². The van der Waals surface area contributed by atoms with Crippen LogP contribution in [0, 0.1) is 20.2 Å². The lowest BCUT2D eigenvalue weighted by molar-refractivity contribution is -0.385. The van der Waals surface area contributed by atoms with Crippen LogP contribution in [0.4, 0.5) is 22.7 Å². The van der Waals surface area contributed by atoms with Crippen LogP contribution in [-0.4, -0.2) is 107 Å². The van der Waals surface area contributed by atoms with E-state index in [1.54, 1.807) is 42.5 Å². The lowest BCUT2D eigenvalue weighted by Crippen LogP contribution is -2.45. The predicted molar refractivity (Wildman–Crippen MR) is 348 cm³/mol. The number of nitrogens with one attached hydrogen (secondary N) is 2. The molecule has 0 aromatic heterocycles. The maximum absolute atomic E-state index is 13.1. The lowest BCUT2D eigenvalue weighted by Gasteiger charge is -2.31. The number of halogens is 4. The smallest absolute Gasteiger partial charge is 0.328 e. The number of aliphatic carboxylic acids is 2. The van der Waals surface area contributed by atoms with Crippen LogP contribution in [0.2, 0.25) is 20.1 Å². The molecule has 6 N–H and O–H groups in total. The number of nitro groups is 2. The van der Waals surface area contributed by atoms with Gasteiger partial charge in [0.05, 0.1) is 54.6 Å². The van der Waals surface area contributed by atoms with Gasteiger partial charge in [0.15, 0.2) is 0 Å². The summed E-state index contributed by atoms with van der Waals surface area (Å²) in [6.45, 7) is 1.98. The summed E-state index contributed by atoms with van der Waals surface area (Å²) >= 11 is 25.2. The number of amides is 2. The highest BCUT2D eigenvalue weighted by molar-refractivity contribution is 7.59. The van der Waals surface area contributed by atoms with Gasteiger partial charge in [0.2, 0.25) is 0 Å². The molecule has 0 radical (unpaired) electrons. The summed E-state index contributed by atoms with van der Waals surface area (Å²) in [7, 11) is 1.20. The molecular weight excluding hydrogens is 1230 g/mol. The summed E-state index contributed by atoms with van der Waals surface area (Å²) in [6.07, 6.45) is 3.81. The average Bonchev–Trinajstić information content (AvgIpc) is 1.64. The standard InChI is InChI=1S/C30H29Cl2N3O6.C16H14Cl2N2O3.C12H14N2O4.2CH4.2H2S/c1-41-30(38)26(33-29(37)28-24(31)16-21(17-25(28)32)19-6-3-2-4-7-19)12-11-23(36)13-15-34-14-5-8-20-9-10-22(35(39)40)18-27(20)34;17-11-6-10(9-4-2-1-3-5-9)7-12(18)14(11)15(21)20-13(8-19)16(22)23;15-12(16)5-7-13-6-1-2-9-3-4-10(14(17)18)8-11(9)13;;;;/h2-4,6-7,9-10,16-18,26H,5,8,11-15H2,1H3,(H,33,37);1-7,13H,8,19H2,(H,20,21)(H,22,23);3-4,8H,1-2,5-7H2,(H,15,16);2*1H4;2*1H2/t26-;13-;;;;;/m00...../s1. The minimum Gasteiger partial charge on any atom is -0.481 e. The number of rotatable bonds is 20. The number of nitro benzene ring substituents is 2. The molecule has 0 saturated carbocycles. The topological polar surface area (TPSA) is 295 Å². The third-order valence-corrected chi connectivity index (χ3v) is 14.5. The molecule has 2 aliphatic heterocycles. The number of carboxylic acids is 2. The fraction of sp³-hybridized carbons (Fsp3) is 0.300. The molecule has 6 aromatic carbocycles. The Hall–Kier alpha value is -7.44. The number of nitrogens with zero attached hydrogens (tertiary/aromatic N) is 4. The number of carboxylic acid groups (broad SMARTS) is 2. The summed E-state index contributed by atoms with van der Waals surface area (Å²) in [5, 5.41) is 45.0. The van der Waals surface area contributed by atoms with Crippen molar-refractivity contribution in [3.63, 3.8) is 0 Å². The van der Waals surface area contributed by atoms with Crippen molar-refractivity contribution in [3.8, 4) is 22.3 Å². The Morgan fingerprint density at radius 3 is 1.35 bits per heavy atom. The van der Waals surface area contributed by atoms with Crippen LogP contribution in [0.5, 0.6) is 0 Å². The molecule has 0 unspecified atom stereocenters. The first kappa shape index (κ1) is 74.7. The average molecular weight is 1300 g/mol.